The average molecular weight is 257 g/mol. The van der Waals surface area contributed by atoms with Crippen LogP contribution in [0.2, 0.25) is 0 Å². The number of aromatic nitrogens is 2. The van der Waals surface area contributed by atoms with E-state index in [0.29, 0.717) is 5.92 Å². The van der Waals surface area contributed by atoms with Gasteiger partial charge in [-0.05, 0) is 24.8 Å². The van der Waals surface area contributed by atoms with Gasteiger partial charge in [0.1, 0.15) is 0 Å². The molecule has 3 heteroatoms. The summed E-state index contributed by atoms with van der Waals surface area (Å²) in [6, 6.07) is 10.6. The van der Waals surface area contributed by atoms with Crippen molar-refractivity contribution in [2.24, 2.45) is 0 Å². The molecule has 1 N–H and O–H groups in total. The summed E-state index contributed by atoms with van der Waals surface area (Å²) in [6.07, 6.45) is 3.23. The summed E-state index contributed by atoms with van der Waals surface area (Å²) < 4.78 is 2.20. The molecule has 0 amide bonds. The zero-order chi connectivity index (χ0) is 13.7. The molecule has 1 unspecified atom stereocenters. The number of nitrogens with one attached hydrogen (secondary N) is 1. The van der Waals surface area contributed by atoms with Crippen LogP contribution in [0.1, 0.15) is 37.4 Å². The third-order valence-corrected chi connectivity index (χ3v) is 3.30. The number of hydrogen-bond acceptors (Lipinski definition) is 2. The standard InChI is InChI=1S/C16H23N3/c1-4-10-19-12-14(3)18-16(19)17-11-13(2)15-8-6-5-7-9-15/h5-9,12-13H,4,10-11H2,1-3H3,(H,17,18). The molecule has 0 aliphatic rings. The van der Waals surface area contributed by atoms with Crippen molar-refractivity contribution in [1.29, 1.82) is 0 Å². The van der Waals surface area contributed by atoms with Gasteiger partial charge in [-0.2, -0.15) is 0 Å². The van der Waals surface area contributed by atoms with Crippen molar-refractivity contribution in [2.75, 3.05) is 11.9 Å². The van der Waals surface area contributed by atoms with Crippen molar-refractivity contribution in [3.8, 4) is 0 Å². The second kappa shape index (κ2) is 6.41. The summed E-state index contributed by atoms with van der Waals surface area (Å²) in [6.45, 7) is 8.39. The molecule has 102 valence electrons. The van der Waals surface area contributed by atoms with E-state index in [2.05, 4.69) is 65.2 Å². The van der Waals surface area contributed by atoms with Crippen molar-refractivity contribution < 1.29 is 0 Å². The van der Waals surface area contributed by atoms with Crippen molar-refractivity contribution >= 4 is 5.95 Å². The number of rotatable bonds is 6. The molecule has 0 aliphatic heterocycles. The zero-order valence-electron chi connectivity index (χ0n) is 12.1. The Morgan fingerprint density at radius 3 is 2.68 bits per heavy atom. The molecule has 0 radical (unpaired) electrons. The van der Waals surface area contributed by atoms with Gasteiger partial charge in [0.2, 0.25) is 5.95 Å². The monoisotopic (exact) mass is 257 g/mol. The Bertz CT molecular complexity index is 502. The van der Waals surface area contributed by atoms with Gasteiger partial charge in [0.05, 0.1) is 5.69 Å². The quantitative estimate of drug-likeness (QED) is 0.852. The third kappa shape index (κ3) is 3.60. The molecule has 1 aromatic heterocycles. The molecular weight excluding hydrogens is 234 g/mol. The topological polar surface area (TPSA) is 29.9 Å². The smallest absolute Gasteiger partial charge is 0.203 e. The summed E-state index contributed by atoms with van der Waals surface area (Å²) in [5.41, 5.74) is 2.43. The van der Waals surface area contributed by atoms with Crippen LogP contribution in [0, 0.1) is 6.92 Å². The van der Waals surface area contributed by atoms with E-state index >= 15 is 0 Å². The molecule has 0 aliphatic carbocycles. The predicted molar refractivity (Wildman–Crippen MR) is 80.6 cm³/mol. The molecule has 0 saturated heterocycles. The molecular formula is C16H23N3. The highest BCUT2D eigenvalue weighted by atomic mass is 15.2. The van der Waals surface area contributed by atoms with Crippen LogP contribution in [0.5, 0.6) is 0 Å². The first-order chi connectivity index (χ1) is 9.20. The largest absolute Gasteiger partial charge is 0.355 e. The summed E-state index contributed by atoms with van der Waals surface area (Å²) in [4.78, 5) is 4.55. The van der Waals surface area contributed by atoms with Gasteiger partial charge in [0.25, 0.3) is 0 Å². The van der Waals surface area contributed by atoms with Crippen LogP contribution in [-0.2, 0) is 6.54 Å². The minimum absolute atomic E-state index is 0.480. The van der Waals surface area contributed by atoms with E-state index in [4.69, 9.17) is 0 Å². The van der Waals surface area contributed by atoms with Gasteiger partial charge in [-0.3, -0.25) is 0 Å². The van der Waals surface area contributed by atoms with E-state index in [1.807, 2.05) is 6.92 Å². The predicted octanol–water partition coefficient (Wildman–Crippen LogP) is 3.82. The first-order valence-corrected chi connectivity index (χ1v) is 7.03. The fourth-order valence-electron chi connectivity index (χ4n) is 2.24. The molecule has 19 heavy (non-hydrogen) atoms. The van der Waals surface area contributed by atoms with E-state index in [1.54, 1.807) is 0 Å². The van der Waals surface area contributed by atoms with Gasteiger partial charge in [-0.1, -0.05) is 44.2 Å². The number of nitrogens with zero attached hydrogens (tertiary/aromatic N) is 2. The molecule has 2 rings (SSSR count). The molecule has 0 saturated carbocycles. The minimum Gasteiger partial charge on any atom is -0.355 e. The van der Waals surface area contributed by atoms with Crippen LogP contribution >= 0.6 is 0 Å². The Kier molecular flexibility index (Phi) is 4.61. The fraction of sp³-hybridized carbons (Fsp3) is 0.438. The third-order valence-electron chi connectivity index (χ3n) is 3.30. The van der Waals surface area contributed by atoms with Crippen molar-refractivity contribution in [3.63, 3.8) is 0 Å². The van der Waals surface area contributed by atoms with E-state index in [-0.39, 0.29) is 0 Å². The highest BCUT2D eigenvalue weighted by molar-refractivity contribution is 5.30. The van der Waals surface area contributed by atoms with Crippen LogP contribution in [0.4, 0.5) is 5.95 Å². The van der Waals surface area contributed by atoms with Crippen LogP contribution in [0.15, 0.2) is 36.5 Å². The number of hydrogen-bond donors (Lipinski definition) is 1. The molecule has 2 aromatic rings. The van der Waals surface area contributed by atoms with Crippen molar-refractivity contribution in [3.05, 3.63) is 47.8 Å². The fourth-order valence-corrected chi connectivity index (χ4v) is 2.24. The Labute approximate surface area is 115 Å². The number of benzene rings is 1. The first kappa shape index (κ1) is 13.7. The van der Waals surface area contributed by atoms with Crippen LogP contribution < -0.4 is 5.32 Å². The molecule has 0 bridgehead atoms. The number of imidazole rings is 1. The van der Waals surface area contributed by atoms with E-state index in [1.165, 1.54) is 5.56 Å². The maximum atomic E-state index is 4.55. The summed E-state index contributed by atoms with van der Waals surface area (Å²) in [7, 11) is 0. The Morgan fingerprint density at radius 1 is 1.26 bits per heavy atom. The second-order valence-electron chi connectivity index (χ2n) is 5.09. The molecule has 1 heterocycles. The molecule has 3 nitrogen and oxygen atoms in total. The maximum Gasteiger partial charge on any atom is 0.203 e. The summed E-state index contributed by atoms with van der Waals surface area (Å²) in [5, 5.41) is 3.47. The van der Waals surface area contributed by atoms with Crippen LogP contribution in [-0.4, -0.2) is 16.1 Å². The highest BCUT2D eigenvalue weighted by Crippen LogP contribution is 2.16. The summed E-state index contributed by atoms with van der Waals surface area (Å²) >= 11 is 0. The van der Waals surface area contributed by atoms with E-state index < -0.39 is 0 Å². The van der Waals surface area contributed by atoms with Crippen LogP contribution in [0.3, 0.4) is 0 Å². The lowest BCUT2D eigenvalue weighted by atomic mass is 10.0. The molecule has 1 atom stereocenters. The Balaban J connectivity index is 1.98. The molecule has 1 aromatic carbocycles. The van der Waals surface area contributed by atoms with Gasteiger partial charge >= 0.3 is 0 Å². The van der Waals surface area contributed by atoms with E-state index in [0.717, 1.165) is 31.2 Å². The van der Waals surface area contributed by atoms with Gasteiger partial charge in [0, 0.05) is 19.3 Å². The molecule has 0 spiro atoms. The first-order valence-electron chi connectivity index (χ1n) is 7.03. The van der Waals surface area contributed by atoms with Gasteiger partial charge in [-0.25, -0.2) is 4.98 Å². The van der Waals surface area contributed by atoms with Gasteiger partial charge in [-0.15, -0.1) is 0 Å². The SMILES string of the molecule is CCCn1cc(C)nc1NCC(C)c1ccccc1. The normalized spacial score (nSPS) is 12.4. The minimum atomic E-state index is 0.480. The Morgan fingerprint density at radius 2 is 2.00 bits per heavy atom. The maximum absolute atomic E-state index is 4.55. The summed E-state index contributed by atoms with van der Waals surface area (Å²) in [5.74, 6) is 1.47. The van der Waals surface area contributed by atoms with Crippen molar-refractivity contribution in [1.82, 2.24) is 9.55 Å². The second-order valence-corrected chi connectivity index (χ2v) is 5.09. The van der Waals surface area contributed by atoms with Crippen LogP contribution in [0.25, 0.3) is 0 Å². The van der Waals surface area contributed by atoms with E-state index in [9.17, 15) is 0 Å². The lowest BCUT2D eigenvalue weighted by molar-refractivity contribution is 0.676. The lowest BCUT2D eigenvalue weighted by Crippen LogP contribution is -2.13. The molecule has 0 fully saturated rings. The van der Waals surface area contributed by atoms with Gasteiger partial charge < -0.3 is 9.88 Å². The lowest BCUT2D eigenvalue weighted by Gasteiger charge is -2.14. The van der Waals surface area contributed by atoms with Crippen molar-refractivity contribution in [2.45, 2.75) is 39.7 Å². The number of aryl methyl sites for hydroxylation is 2. The Hall–Kier alpha value is -1.77. The average Bonchev–Trinajstić information content (AvgIpc) is 2.78. The highest BCUT2D eigenvalue weighted by Gasteiger charge is 2.08. The number of anilines is 1. The zero-order valence-corrected chi connectivity index (χ0v) is 12.1. The van der Waals surface area contributed by atoms with Gasteiger partial charge in [0.15, 0.2) is 0 Å².